The van der Waals surface area contributed by atoms with E-state index in [2.05, 4.69) is 0 Å². The highest BCUT2D eigenvalue weighted by molar-refractivity contribution is 5.34. The molecule has 0 spiro atoms. The summed E-state index contributed by atoms with van der Waals surface area (Å²) in [7, 11) is 0. The molecule has 0 amide bonds. The fourth-order valence-electron chi connectivity index (χ4n) is 3.24. The average molecular weight is 438 g/mol. The predicted molar refractivity (Wildman–Crippen MR) is 91.6 cm³/mol. The largest absolute Gasteiger partial charge is 0.416 e. The first kappa shape index (κ1) is 22.5. The lowest BCUT2D eigenvalue weighted by molar-refractivity contribution is -0.729. The third-order valence-corrected chi connectivity index (χ3v) is 4.79. The molecule has 164 valence electrons. The highest BCUT2D eigenvalue weighted by atomic mass is 19.4. The molecule has 30 heavy (non-hydrogen) atoms. The van der Waals surface area contributed by atoms with Gasteiger partial charge in [-0.25, -0.2) is 4.39 Å². The Morgan fingerprint density at radius 2 is 1.53 bits per heavy atom. The molecular formula is C20H19F7NO2+. The minimum absolute atomic E-state index is 0.0719. The molecule has 0 aliphatic carbocycles. The van der Waals surface area contributed by atoms with Crippen LogP contribution in [0.15, 0.2) is 42.5 Å². The summed E-state index contributed by atoms with van der Waals surface area (Å²) in [4.78, 5) is 0. The highest BCUT2D eigenvalue weighted by Crippen LogP contribution is 2.38. The quantitative estimate of drug-likeness (QED) is 0.709. The molecule has 1 aliphatic rings. The zero-order valence-corrected chi connectivity index (χ0v) is 15.7. The van der Waals surface area contributed by atoms with E-state index < -0.39 is 47.7 Å². The van der Waals surface area contributed by atoms with Crippen LogP contribution in [0, 0.1) is 5.82 Å². The van der Waals surface area contributed by atoms with Crippen molar-refractivity contribution in [2.45, 2.75) is 37.7 Å². The summed E-state index contributed by atoms with van der Waals surface area (Å²) in [5.41, 5.74) is -2.43. The number of hydrogen-bond donors (Lipinski definition) is 1. The third-order valence-electron chi connectivity index (χ3n) is 4.79. The Balaban J connectivity index is 1.88. The van der Waals surface area contributed by atoms with E-state index in [0.717, 1.165) is 0 Å². The molecule has 0 bridgehead atoms. The van der Waals surface area contributed by atoms with Gasteiger partial charge in [0.05, 0.1) is 23.8 Å². The molecule has 1 heterocycles. The van der Waals surface area contributed by atoms with Gasteiger partial charge in [0, 0.05) is 5.56 Å². The Hall–Kier alpha value is -2.17. The molecule has 3 rings (SSSR count). The summed E-state index contributed by atoms with van der Waals surface area (Å²) in [6, 6.07) is 6.45. The van der Waals surface area contributed by atoms with Crippen molar-refractivity contribution in [2.24, 2.45) is 0 Å². The van der Waals surface area contributed by atoms with Gasteiger partial charge in [-0.05, 0) is 55.0 Å². The average Bonchev–Trinajstić information content (AvgIpc) is 2.67. The van der Waals surface area contributed by atoms with Crippen molar-refractivity contribution < 1.29 is 45.5 Å². The van der Waals surface area contributed by atoms with E-state index in [-0.39, 0.29) is 18.2 Å². The maximum atomic E-state index is 13.2. The van der Waals surface area contributed by atoms with E-state index >= 15 is 0 Å². The first-order chi connectivity index (χ1) is 13.9. The lowest BCUT2D eigenvalue weighted by Gasteiger charge is -2.32. The Kier molecular flexibility index (Phi) is 6.40. The predicted octanol–water partition coefficient (Wildman–Crippen LogP) is 4.60. The van der Waals surface area contributed by atoms with Crippen LogP contribution in [0.1, 0.15) is 41.3 Å². The van der Waals surface area contributed by atoms with E-state index in [9.17, 15) is 30.7 Å². The minimum atomic E-state index is -4.94. The van der Waals surface area contributed by atoms with Crippen LogP contribution in [0.2, 0.25) is 0 Å². The maximum Gasteiger partial charge on any atom is 0.416 e. The molecule has 2 aromatic carbocycles. The van der Waals surface area contributed by atoms with E-state index in [4.69, 9.17) is 9.47 Å². The number of alkyl halides is 6. The number of nitrogens with two attached hydrogens (primary N) is 1. The molecule has 2 aromatic rings. The number of hydrogen-bond acceptors (Lipinski definition) is 2. The van der Waals surface area contributed by atoms with Gasteiger partial charge in [0.2, 0.25) is 6.29 Å². The monoisotopic (exact) mass is 438 g/mol. The topological polar surface area (TPSA) is 35.1 Å². The van der Waals surface area contributed by atoms with E-state index in [1.807, 2.05) is 5.32 Å². The number of benzene rings is 2. The molecule has 10 heteroatoms. The van der Waals surface area contributed by atoms with Gasteiger partial charge in [-0.1, -0.05) is 0 Å². The fraction of sp³-hybridized carbons (Fsp3) is 0.400. The van der Waals surface area contributed by atoms with Crippen LogP contribution in [0.3, 0.4) is 0 Å². The van der Waals surface area contributed by atoms with Crippen LogP contribution in [0.5, 0.6) is 0 Å². The molecule has 0 unspecified atom stereocenters. The molecule has 0 radical (unpaired) electrons. The van der Waals surface area contributed by atoms with E-state index in [1.165, 1.54) is 31.2 Å². The zero-order valence-electron chi connectivity index (χ0n) is 15.7. The number of quaternary nitrogens is 1. The van der Waals surface area contributed by atoms with Crippen LogP contribution in [0.25, 0.3) is 0 Å². The first-order valence-electron chi connectivity index (χ1n) is 9.10. The standard InChI is InChI=1S/C20H18F7NO2/c1-11(13-8-14(19(22,23)24)10-15(9-13)20(25,26)27)30-18-17(28-6-7-29-18)12-2-4-16(21)5-3-12/h2-5,8-11,17-18,28H,6-7H2,1H3/p+1/t11-,17-,18-/m1/s1. The summed E-state index contributed by atoms with van der Waals surface area (Å²) in [6.45, 7) is 2.21. The van der Waals surface area contributed by atoms with Crippen molar-refractivity contribution in [1.29, 1.82) is 0 Å². The number of halogens is 7. The van der Waals surface area contributed by atoms with Gasteiger partial charge in [-0.15, -0.1) is 0 Å². The number of morpholine rings is 1. The van der Waals surface area contributed by atoms with Crippen LogP contribution in [-0.2, 0) is 21.8 Å². The van der Waals surface area contributed by atoms with E-state index in [0.29, 0.717) is 24.2 Å². The smallest absolute Gasteiger partial charge is 0.341 e. The lowest BCUT2D eigenvalue weighted by atomic mass is 10.0. The third kappa shape index (κ3) is 5.30. The minimum Gasteiger partial charge on any atom is -0.341 e. The summed E-state index contributed by atoms with van der Waals surface area (Å²) < 4.78 is 103. The summed E-state index contributed by atoms with van der Waals surface area (Å²) in [5, 5.41) is 1.86. The number of rotatable bonds is 4. The summed E-state index contributed by atoms with van der Waals surface area (Å²) in [5.74, 6) is -0.440. The molecular weight excluding hydrogens is 419 g/mol. The second-order valence-electron chi connectivity index (χ2n) is 6.96. The van der Waals surface area contributed by atoms with Gasteiger partial charge in [0.25, 0.3) is 0 Å². The molecule has 3 nitrogen and oxygen atoms in total. The normalized spacial score (nSPS) is 21.5. The maximum absolute atomic E-state index is 13.2. The van der Waals surface area contributed by atoms with Gasteiger partial charge in [0.1, 0.15) is 12.4 Å². The second kappa shape index (κ2) is 8.52. The first-order valence-corrected chi connectivity index (χ1v) is 9.10. The lowest BCUT2D eigenvalue weighted by Crippen LogP contribution is -2.90. The Labute approximate surface area is 167 Å². The molecule has 2 N–H and O–H groups in total. The van der Waals surface area contributed by atoms with Gasteiger partial charge < -0.3 is 14.8 Å². The Morgan fingerprint density at radius 3 is 2.07 bits per heavy atom. The summed E-state index contributed by atoms with van der Waals surface area (Å²) in [6.07, 6.45) is -11.9. The molecule has 0 saturated carbocycles. The fourth-order valence-corrected chi connectivity index (χ4v) is 3.24. The van der Waals surface area contributed by atoms with Crippen LogP contribution >= 0.6 is 0 Å². The van der Waals surface area contributed by atoms with E-state index in [1.54, 1.807) is 0 Å². The number of ether oxygens (including phenoxy) is 2. The van der Waals surface area contributed by atoms with Crippen molar-refractivity contribution in [3.05, 3.63) is 70.5 Å². The molecule has 1 fully saturated rings. The molecule has 1 aliphatic heterocycles. The van der Waals surface area contributed by atoms with Crippen molar-refractivity contribution in [3.8, 4) is 0 Å². The van der Waals surface area contributed by atoms with Crippen LogP contribution < -0.4 is 5.32 Å². The van der Waals surface area contributed by atoms with Gasteiger partial charge in [-0.3, -0.25) is 0 Å². The second-order valence-corrected chi connectivity index (χ2v) is 6.96. The van der Waals surface area contributed by atoms with Crippen molar-refractivity contribution in [1.82, 2.24) is 0 Å². The molecule has 3 atom stereocenters. The van der Waals surface area contributed by atoms with Crippen LogP contribution in [0.4, 0.5) is 30.7 Å². The SMILES string of the molecule is C[C@@H](O[C@H]1OCC[NH2+][C@@H]1c1ccc(F)cc1)c1cc(C(F)(F)F)cc(C(F)(F)F)c1. The van der Waals surface area contributed by atoms with Crippen molar-refractivity contribution in [3.63, 3.8) is 0 Å². The Morgan fingerprint density at radius 1 is 0.967 bits per heavy atom. The van der Waals surface area contributed by atoms with Gasteiger partial charge >= 0.3 is 12.4 Å². The van der Waals surface area contributed by atoms with Gasteiger partial charge in [-0.2, -0.15) is 26.3 Å². The molecule has 1 saturated heterocycles. The van der Waals surface area contributed by atoms with Crippen LogP contribution in [-0.4, -0.2) is 19.4 Å². The highest BCUT2D eigenvalue weighted by Gasteiger charge is 2.38. The van der Waals surface area contributed by atoms with Gasteiger partial charge in [0.15, 0.2) is 6.04 Å². The Bertz CT molecular complexity index is 833. The molecule has 0 aromatic heterocycles. The van der Waals surface area contributed by atoms with Crippen molar-refractivity contribution in [2.75, 3.05) is 13.2 Å². The zero-order chi connectivity index (χ0) is 22.1. The van der Waals surface area contributed by atoms with Crippen molar-refractivity contribution >= 4 is 0 Å². The summed E-state index contributed by atoms with van der Waals surface area (Å²) >= 11 is 0.